The van der Waals surface area contributed by atoms with Crippen molar-refractivity contribution in [1.29, 1.82) is 0 Å². The molecule has 0 saturated carbocycles. The summed E-state index contributed by atoms with van der Waals surface area (Å²) in [5, 5.41) is 17.0. The molecule has 1 aliphatic heterocycles. The maximum absolute atomic E-state index is 13.1. The molecule has 9 nitrogen and oxygen atoms in total. The van der Waals surface area contributed by atoms with Gasteiger partial charge in [0.15, 0.2) is 0 Å². The molecule has 1 aromatic heterocycles. The lowest BCUT2D eigenvalue weighted by Gasteiger charge is -2.31. The number of sulfonamides is 1. The highest BCUT2D eigenvalue weighted by Gasteiger charge is 2.33. The summed E-state index contributed by atoms with van der Waals surface area (Å²) in [5.41, 5.74) is 0.327. The molecule has 0 bridgehead atoms. The highest BCUT2D eigenvalue weighted by molar-refractivity contribution is 7.89. The van der Waals surface area contributed by atoms with E-state index in [1.54, 1.807) is 10.9 Å². The third kappa shape index (κ3) is 3.96. The maximum atomic E-state index is 13.1. The van der Waals surface area contributed by atoms with Crippen LogP contribution in [0.5, 0.6) is 5.75 Å². The normalized spacial score (nSPS) is 18.4. The molecule has 3 rings (SSSR count). The van der Waals surface area contributed by atoms with Crippen molar-refractivity contribution in [3.05, 3.63) is 35.9 Å². The number of hydrogen-bond acceptors (Lipinski definition) is 6. The van der Waals surface area contributed by atoms with E-state index in [1.165, 1.54) is 29.6 Å². The van der Waals surface area contributed by atoms with Crippen molar-refractivity contribution in [3.63, 3.8) is 0 Å². The molecule has 0 radical (unpaired) electrons. The molecule has 146 valence electrons. The largest absolute Gasteiger partial charge is 0.496 e. The molecule has 1 atom stereocenters. The van der Waals surface area contributed by atoms with Crippen molar-refractivity contribution in [1.82, 2.24) is 19.1 Å². The van der Waals surface area contributed by atoms with Crippen LogP contribution >= 0.6 is 0 Å². The number of ether oxygens (including phenoxy) is 1. The molecular formula is C17H22N4O5S. The summed E-state index contributed by atoms with van der Waals surface area (Å²) in [4.78, 5) is 11.1. The molecule has 1 N–H and O–H groups in total. The van der Waals surface area contributed by atoms with Crippen LogP contribution in [0.4, 0.5) is 0 Å². The number of aromatic nitrogens is 3. The zero-order chi connectivity index (χ0) is 19.6. The summed E-state index contributed by atoms with van der Waals surface area (Å²) < 4.78 is 34.6. The Morgan fingerprint density at radius 1 is 1.41 bits per heavy atom. The molecule has 10 heteroatoms. The van der Waals surface area contributed by atoms with Crippen LogP contribution in [0.2, 0.25) is 0 Å². The Labute approximate surface area is 157 Å². The first-order valence-corrected chi connectivity index (χ1v) is 9.99. The van der Waals surface area contributed by atoms with Crippen LogP contribution in [-0.4, -0.2) is 58.8 Å². The lowest BCUT2D eigenvalue weighted by Crippen LogP contribution is -2.39. The SMILES string of the molecule is COc1ccc(S(=O)(=O)N2CCCC(c3nncn3C)C2)cc1CC(=O)O. The van der Waals surface area contributed by atoms with E-state index < -0.39 is 16.0 Å². The Morgan fingerprint density at radius 2 is 2.19 bits per heavy atom. The quantitative estimate of drug-likeness (QED) is 0.778. The smallest absolute Gasteiger partial charge is 0.307 e. The van der Waals surface area contributed by atoms with Crippen LogP contribution < -0.4 is 4.74 Å². The Hall–Kier alpha value is -2.46. The molecule has 1 aliphatic rings. The summed E-state index contributed by atoms with van der Waals surface area (Å²) in [6.07, 6.45) is 2.85. The first kappa shape index (κ1) is 19.3. The third-order valence-electron chi connectivity index (χ3n) is 4.73. The summed E-state index contributed by atoms with van der Waals surface area (Å²) >= 11 is 0. The second-order valence-electron chi connectivity index (χ2n) is 6.55. The topological polar surface area (TPSA) is 115 Å². The van der Waals surface area contributed by atoms with Crippen molar-refractivity contribution < 1.29 is 23.1 Å². The Balaban J connectivity index is 1.89. The van der Waals surface area contributed by atoms with Gasteiger partial charge in [-0.25, -0.2) is 8.42 Å². The summed E-state index contributed by atoms with van der Waals surface area (Å²) in [6, 6.07) is 4.33. The molecule has 27 heavy (non-hydrogen) atoms. The van der Waals surface area contributed by atoms with E-state index in [1.807, 2.05) is 7.05 Å². The van der Waals surface area contributed by atoms with E-state index in [9.17, 15) is 13.2 Å². The minimum absolute atomic E-state index is 0.0298. The van der Waals surface area contributed by atoms with Crippen molar-refractivity contribution in [3.8, 4) is 5.75 Å². The van der Waals surface area contributed by atoms with E-state index in [0.717, 1.165) is 18.7 Å². The number of aliphatic carboxylic acids is 1. The number of nitrogens with zero attached hydrogens (tertiary/aromatic N) is 4. The number of carboxylic acids is 1. The van der Waals surface area contributed by atoms with Gasteiger partial charge in [0.2, 0.25) is 10.0 Å². The number of carbonyl (C=O) groups is 1. The van der Waals surface area contributed by atoms with Crippen LogP contribution in [-0.2, 0) is 28.3 Å². The van der Waals surface area contributed by atoms with Gasteiger partial charge in [0.05, 0.1) is 18.4 Å². The fraction of sp³-hybridized carbons (Fsp3) is 0.471. The predicted octanol–water partition coefficient (Wildman–Crippen LogP) is 1.02. The van der Waals surface area contributed by atoms with Crippen LogP contribution in [0.25, 0.3) is 0 Å². The zero-order valence-corrected chi connectivity index (χ0v) is 16.0. The number of hydrogen-bond donors (Lipinski definition) is 1. The molecule has 1 fully saturated rings. The average molecular weight is 394 g/mol. The highest BCUT2D eigenvalue weighted by atomic mass is 32.2. The summed E-state index contributed by atoms with van der Waals surface area (Å²) in [6.45, 7) is 0.728. The summed E-state index contributed by atoms with van der Waals surface area (Å²) in [7, 11) is -0.495. The lowest BCUT2D eigenvalue weighted by molar-refractivity contribution is -0.136. The van der Waals surface area contributed by atoms with Crippen molar-refractivity contribution >= 4 is 16.0 Å². The van der Waals surface area contributed by atoms with E-state index in [2.05, 4.69) is 10.2 Å². The fourth-order valence-electron chi connectivity index (χ4n) is 3.40. The molecule has 1 aromatic carbocycles. The van der Waals surface area contributed by atoms with Crippen molar-refractivity contribution in [2.24, 2.45) is 7.05 Å². The third-order valence-corrected chi connectivity index (χ3v) is 6.59. The zero-order valence-electron chi connectivity index (χ0n) is 15.2. The molecule has 2 aromatic rings. The number of piperidine rings is 1. The molecule has 1 unspecified atom stereocenters. The molecule has 0 aliphatic carbocycles. The van der Waals surface area contributed by atoms with Gasteiger partial charge in [0, 0.05) is 31.6 Å². The average Bonchev–Trinajstić information content (AvgIpc) is 3.07. The van der Waals surface area contributed by atoms with E-state index in [0.29, 0.717) is 24.4 Å². The van der Waals surface area contributed by atoms with E-state index >= 15 is 0 Å². The standard InChI is InChI=1S/C17H22N4O5S/c1-20-11-18-19-17(20)12-4-3-7-21(10-12)27(24,25)14-5-6-15(26-2)13(8-14)9-16(22)23/h5-6,8,11-12H,3-4,7,9-10H2,1-2H3,(H,22,23). The van der Waals surface area contributed by atoms with Crippen molar-refractivity contribution in [2.45, 2.75) is 30.1 Å². The summed E-state index contributed by atoms with van der Waals surface area (Å²) in [5.74, 6) is 0.0316. The van der Waals surface area contributed by atoms with Gasteiger partial charge in [-0.05, 0) is 31.0 Å². The van der Waals surface area contributed by atoms with Gasteiger partial charge >= 0.3 is 5.97 Å². The van der Waals surface area contributed by atoms with Crippen LogP contribution in [0.15, 0.2) is 29.4 Å². The molecule has 1 saturated heterocycles. The van der Waals surface area contributed by atoms with Crippen molar-refractivity contribution in [2.75, 3.05) is 20.2 Å². The number of methoxy groups -OCH3 is 1. The molecule has 0 amide bonds. The van der Waals surface area contributed by atoms with Gasteiger partial charge in [-0.2, -0.15) is 4.31 Å². The van der Waals surface area contributed by atoms with Crippen LogP contribution in [0, 0.1) is 0 Å². The minimum atomic E-state index is -3.75. The van der Waals surface area contributed by atoms with Gasteiger partial charge in [-0.15, -0.1) is 10.2 Å². The maximum Gasteiger partial charge on any atom is 0.307 e. The monoisotopic (exact) mass is 394 g/mol. The van der Waals surface area contributed by atoms with Gasteiger partial charge in [0.1, 0.15) is 17.9 Å². The van der Waals surface area contributed by atoms with Gasteiger partial charge < -0.3 is 14.4 Å². The number of aryl methyl sites for hydroxylation is 1. The minimum Gasteiger partial charge on any atom is -0.496 e. The van der Waals surface area contributed by atoms with E-state index in [-0.39, 0.29) is 17.2 Å². The Morgan fingerprint density at radius 3 is 2.81 bits per heavy atom. The van der Waals surface area contributed by atoms with Gasteiger partial charge in [-0.1, -0.05) is 0 Å². The predicted molar refractivity (Wildman–Crippen MR) is 96.1 cm³/mol. The first-order valence-electron chi connectivity index (χ1n) is 8.55. The Kier molecular flexibility index (Phi) is 5.47. The van der Waals surface area contributed by atoms with Crippen LogP contribution in [0.3, 0.4) is 0 Å². The second kappa shape index (κ2) is 7.65. The van der Waals surface area contributed by atoms with Gasteiger partial charge in [-0.3, -0.25) is 4.79 Å². The number of carboxylic acid groups (broad SMARTS) is 1. The molecule has 0 spiro atoms. The lowest BCUT2D eigenvalue weighted by atomic mass is 9.99. The van der Waals surface area contributed by atoms with Gasteiger partial charge in [0.25, 0.3) is 0 Å². The van der Waals surface area contributed by atoms with Crippen LogP contribution in [0.1, 0.15) is 30.1 Å². The molecular weight excluding hydrogens is 372 g/mol. The highest BCUT2D eigenvalue weighted by Crippen LogP contribution is 2.31. The second-order valence-corrected chi connectivity index (χ2v) is 8.48. The first-order chi connectivity index (χ1) is 12.8. The number of rotatable bonds is 6. The fourth-order valence-corrected chi connectivity index (χ4v) is 4.97. The van der Waals surface area contributed by atoms with E-state index in [4.69, 9.17) is 9.84 Å². The Bertz CT molecular complexity index is 941. The molecule has 2 heterocycles. The number of benzene rings is 1.